The van der Waals surface area contributed by atoms with Crippen LogP contribution in [0.5, 0.6) is 0 Å². The van der Waals surface area contributed by atoms with E-state index in [0.29, 0.717) is 41.3 Å². The van der Waals surface area contributed by atoms with Crippen LogP contribution in [0.25, 0.3) is 22.3 Å². The average molecular weight is 486 g/mol. The number of benzene rings is 1. The summed E-state index contributed by atoms with van der Waals surface area (Å²) < 4.78 is 1.81. The van der Waals surface area contributed by atoms with Gasteiger partial charge in [-0.3, -0.25) is 14.6 Å². The fraction of sp³-hybridized carbons (Fsp3) is 0.192. The molecule has 0 saturated carbocycles. The van der Waals surface area contributed by atoms with Crippen LogP contribution >= 0.6 is 0 Å². The largest absolute Gasteiger partial charge is 0.374 e. The zero-order chi connectivity index (χ0) is 25.7. The van der Waals surface area contributed by atoms with Gasteiger partial charge in [0, 0.05) is 50.8 Å². The van der Waals surface area contributed by atoms with Gasteiger partial charge >= 0.3 is 6.03 Å². The Kier molecular flexibility index (Phi) is 7.24. The standard InChI is InChI=1S/C26H27N7O3/c1-4-33-23-19(22(34)21(24(33)27-2)25(35)28-3)11-12-20(32-23)17-7-9-18(10-8-17)31-26(36)30-15-16-6-5-13-29-14-16/h5-14,27H,4,15H2,1-3H3,(H,28,35)(H2,30,31,36). The first-order valence-electron chi connectivity index (χ1n) is 11.5. The van der Waals surface area contributed by atoms with E-state index < -0.39 is 5.91 Å². The van der Waals surface area contributed by atoms with E-state index in [0.717, 1.165) is 11.1 Å². The van der Waals surface area contributed by atoms with E-state index in [1.807, 2.05) is 35.8 Å². The molecule has 0 saturated heterocycles. The molecule has 0 unspecified atom stereocenters. The molecule has 4 rings (SSSR count). The Morgan fingerprint density at radius 1 is 1.03 bits per heavy atom. The molecule has 0 bridgehead atoms. The van der Waals surface area contributed by atoms with Crippen LogP contribution in [0.4, 0.5) is 16.3 Å². The number of rotatable bonds is 7. The molecule has 10 nitrogen and oxygen atoms in total. The van der Waals surface area contributed by atoms with Crippen molar-refractivity contribution in [1.82, 2.24) is 25.2 Å². The van der Waals surface area contributed by atoms with Gasteiger partial charge in [-0.2, -0.15) is 0 Å². The lowest BCUT2D eigenvalue weighted by Gasteiger charge is -2.18. The molecule has 0 radical (unpaired) electrons. The van der Waals surface area contributed by atoms with Gasteiger partial charge in [0.05, 0.1) is 11.1 Å². The van der Waals surface area contributed by atoms with E-state index in [2.05, 4.69) is 26.3 Å². The lowest BCUT2D eigenvalue weighted by atomic mass is 10.1. The van der Waals surface area contributed by atoms with E-state index in [1.54, 1.807) is 43.7 Å². The number of hydrogen-bond acceptors (Lipinski definition) is 6. The lowest BCUT2D eigenvalue weighted by molar-refractivity contribution is 0.0962. The summed E-state index contributed by atoms with van der Waals surface area (Å²) >= 11 is 0. The average Bonchev–Trinajstić information content (AvgIpc) is 2.92. The van der Waals surface area contributed by atoms with Gasteiger partial charge in [-0.25, -0.2) is 9.78 Å². The smallest absolute Gasteiger partial charge is 0.319 e. The summed E-state index contributed by atoms with van der Waals surface area (Å²) in [5, 5.41) is 11.5. The second kappa shape index (κ2) is 10.7. The molecule has 0 fully saturated rings. The number of hydrogen-bond donors (Lipinski definition) is 4. The summed E-state index contributed by atoms with van der Waals surface area (Å²) in [4.78, 5) is 46.5. The Labute approximate surface area is 207 Å². The summed E-state index contributed by atoms with van der Waals surface area (Å²) in [6, 6.07) is 14.1. The molecule has 1 aromatic carbocycles. The molecule has 3 heterocycles. The lowest BCUT2D eigenvalue weighted by Crippen LogP contribution is -2.30. The first kappa shape index (κ1) is 24.4. The molecular formula is C26H27N7O3. The van der Waals surface area contributed by atoms with Crippen molar-refractivity contribution in [1.29, 1.82) is 0 Å². The Morgan fingerprint density at radius 2 is 1.81 bits per heavy atom. The molecule has 36 heavy (non-hydrogen) atoms. The zero-order valence-corrected chi connectivity index (χ0v) is 20.3. The van der Waals surface area contributed by atoms with E-state index in [1.165, 1.54) is 7.05 Å². The van der Waals surface area contributed by atoms with Crippen LogP contribution < -0.4 is 26.7 Å². The van der Waals surface area contributed by atoms with E-state index >= 15 is 0 Å². The highest BCUT2D eigenvalue weighted by Crippen LogP contribution is 2.25. The van der Waals surface area contributed by atoms with Gasteiger partial charge in [0.25, 0.3) is 5.91 Å². The SMILES string of the molecule is CCn1c(NC)c(C(=O)NC)c(=O)c2ccc(-c3ccc(NC(=O)NCc4cccnc4)cc3)nc21. The Hall–Kier alpha value is -4.73. The minimum absolute atomic E-state index is 0.0566. The van der Waals surface area contributed by atoms with Gasteiger partial charge in [0.2, 0.25) is 5.43 Å². The van der Waals surface area contributed by atoms with E-state index in [4.69, 9.17) is 4.98 Å². The third-order valence-electron chi connectivity index (χ3n) is 5.73. The number of fused-ring (bicyclic) bond motifs is 1. The van der Waals surface area contributed by atoms with Crippen LogP contribution in [-0.4, -0.2) is 40.6 Å². The Bertz CT molecular complexity index is 1470. The summed E-state index contributed by atoms with van der Waals surface area (Å²) in [6.07, 6.45) is 3.38. The van der Waals surface area contributed by atoms with Crippen molar-refractivity contribution in [2.45, 2.75) is 20.0 Å². The monoisotopic (exact) mass is 485 g/mol. The number of nitrogens with zero attached hydrogens (tertiary/aromatic N) is 3. The predicted molar refractivity (Wildman–Crippen MR) is 140 cm³/mol. The van der Waals surface area contributed by atoms with Gasteiger partial charge in [0.1, 0.15) is 17.0 Å². The first-order chi connectivity index (χ1) is 17.5. The summed E-state index contributed by atoms with van der Waals surface area (Å²) in [6.45, 7) is 2.80. The number of pyridine rings is 3. The molecule has 4 aromatic rings. The maximum Gasteiger partial charge on any atom is 0.319 e. The minimum atomic E-state index is -0.454. The molecule has 0 spiro atoms. The molecule has 4 N–H and O–H groups in total. The van der Waals surface area contributed by atoms with Crippen molar-refractivity contribution >= 4 is 34.5 Å². The number of aryl methyl sites for hydroxylation is 1. The van der Waals surface area contributed by atoms with Crippen molar-refractivity contribution in [2.24, 2.45) is 0 Å². The number of carbonyl (C=O) groups excluding carboxylic acids is 2. The van der Waals surface area contributed by atoms with Crippen molar-refractivity contribution in [3.05, 3.63) is 82.3 Å². The van der Waals surface area contributed by atoms with Crippen LogP contribution in [0.1, 0.15) is 22.8 Å². The molecular weight excluding hydrogens is 458 g/mol. The zero-order valence-electron chi connectivity index (χ0n) is 20.3. The van der Waals surface area contributed by atoms with Gasteiger partial charge in [-0.1, -0.05) is 18.2 Å². The van der Waals surface area contributed by atoms with Gasteiger partial charge in [-0.05, 0) is 42.8 Å². The molecule has 0 aliphatic rings. The fourth-order valence-corrected chi connectivity index (χ4v) is 3.96. The predicted octanol–water partition coefficient (Wildman–Crippen LogP) is 3.20. The number of aromatic nitrogens is 3. The number of carbonyl (C=O) groups is 2. The van der Waals surface area contributed by atoms with Gasteiger partial charge in [-0.15, -0.1) is 0 Å². The molecule has 3 amide bonds. The third-order valence-corrected chi connectivity index (χ3v) is 5.73. The Balaban J connectivity index is 1.59. The second-order valence-electron chi connectivity index (χ2n) is 7.94. The maximum atomic E-state index is 13.1. The Morgan fingerprint density at radius 3 is 2.44 bits per heavy atom. The molecule has 10 heteroatoms. The fourth-order valence-electron chi connectivity index (χ4n) is 3.96. The molecule has 3 aromatic heterocycles. The number of nitrogens with one attached hydrogen (secondary N) is 4. The maximum absolute atomic E-state index is 13.1. The van der Waals surface area contributed by atoms with Gasteiger partial charge in [0.15, 0.2) is 0 Å². The van der Waals surface area contributed by atoms with Crippen LogP contribution in [0.3, 0.4) is 0 Å². The molecule has 0 aliphatic carbocycles. The van der Waals surface area contributed by atoms with Crippen LogP contribution in [-0.2, 0) is 13.1 Å². The highest BCUT2D eigenvalue weighted by molar-refractivity contribution is 6.02. The highest BCUT2D eigenvalue weighted by Gasteiger charge is 2.21. The summed E-state index contributed by atoms with van der Waals surface area (Å²) in [7, 11) is 3.16. The molecule has 0 atom stereocenters. The van der Waals surface area contributed by atoms with Crippen LogP contribution in [0.2, 0.25) is 0 Å². The number of anilines is 2. The second-order valence-corrected chi connectivity index (χ2v) is 7.94. The van der Waals surface area contributed by atoms with E-state index in [9.17, 15) is 14.4 Å². The quantitative estimate of drug-likeness (QED) is 0.318. The minimum Gasteiger partial charge on any atom is -0.374 e. The number of amides is 3. The molecule has 0 aliphatic heterocycles. The summed E-state index contributed by atoms with van der Waals surface area (Å²) in [5.74, 6) is -0.0408. The topological polar surface area (TPSA) is 130 Å². The first-order valence-corrected chi connectivity index (χ1v) is 11.5. The molecule has 184 valence electrons. The van der Waals surface area contributed by atoms with E-state index in [-0.39, 0.29) is 17.0 Å². The van der Waals surface area contributed by atoms with Crippen LogP contribution in [0, 0.1) is 0 Å². The third kappa shape index (κ3) is 4.88. The highest BCUT2D eigenvalue weighted by atomic mass is 16.2. The normalized spacial score (nSPS) is 10.6. The number of urea groups is 1. The van der Waals surface area contributed by atoms with Crippen molar-refractivity contribution in [2.75, 3.05) is 24.7 Å². The van der Waals surface area contributed by atoms with Crippen molar-refractivity contribution in [3.8, 4) is 11.3 Å². The van der Waals surface area contributed by atoms with Crippen LogP contribution in [0.15, 0.2) is 65.7 Å². The van der Waals surface area contributed by atoms with Gasteiger partial charge < -0.3 is 25.8 Å². The van der Waals surface area contributed by atoms with Crippen molar-refractivity contribution in [3.63, 3.8) is 0 Å². The summed E-state index contributed by atoms with van der Waals surface area (Å²) in [5.41, 5.74) is 3.16. The van der Waals surface area contributed by atoms with Crippen molar-refractivity contribution < 1.29 is 9.59 Å².